The summed E-state index contributed by atoms with van der Waals surface area (Å²) in [7, 11) is 1.57. The van der Waals surface area contributed by atoms with E-state index in [4.69, 9.17) is 14.5 Å². The van der Waals surface area contributed by atoms with Crippen LogP contribution >= 0.6 is 0 Å². The smallest absolute Gasteiger partial charge is 0.256 e. The molecule has 1 N–H and O–H groups in total. The van der Waals surface area contributed by atoms with Crippen molar-refractivity contribution in [2.24, 2.45) is 0 Å². The van der Waals surface area contributed by atoms with E-state index in [1.807, 2.05) is 49.8 Å². The van der Waals surface area contributed by atoms with Crippen molar-refractivity contribution in [1.29, 1.82) is 0 Å². The minimum absolute atomic E-state index is 0.128. The number of hydrogen-bond donors (Lipinski definition) is 1. The molecule has 0 unspecified atom stereocenters. The van der Waals surface area contributed by atoms with Crippen LogP contribution in [0, 0.1) is 6.92 Å². The van der Waals surface area contributed by atoms with Crippen LogP contribution in [0.1, 0.15) is 25.8 Å². The molecule has 0 atom stereocenters. The number of pyridine rings is 2. The normalized spacial score (nSPS) is 11.2. The fourth-order valence-electron chi connectivity index (χ4n) is 3.40. The van der Waals surface area contributed by atoms with Gasteiger partial charge in [0.2, 0.25) is 5.88 Å². The molecule has 0 radical (unpaired) electrons. The molecule has 0 amide bonds. The topological polar surface area (TPSA) is 87.2 Å². The number of aromatic hydroxyl groups is 1. The molecule has 4 rings (SSSR count). The molecule has 156 valence electrons. The molecule has 0 spiro atoms. The van der Waals surface area contributed by atoms with Crippen molar-refractivity contribution in [3.05, 3.63) is 42.4 Å². The number of aromatic nitrogens is 5. The van der Waals surface area contributed by atoms with E-state index in [0.717, 1.165) is 29.8 Å². The van der Waals surface area contributed by atoms with Gasteiger partial charge in [0.25, 0.3) is 5.88 Å². The lowest BCUT2D eigenvalue weighted by Gasteiger charge is -2.11. The number of fused-ring (bicyclic) bond motifs is 1. The zero-order chi connectivity index (χ0) is 21.3. The Labute approximate surface area is 174 Å². The van der Waals surface area contributed by atoms with Crippen LogP contribution in [0.4, 0.5) is 0 Å². The molecule has 4 aromatic rings. The number of nitrogens with zero attached hydrogens (tertiary/aromatic N) is 5. The van der Waals surface area contributed by atoms with E-state index in [2.05, 4.69) is 10.1 Å². The van der Waals surface area contributed by atoms with Crippen LogP contribution in [-0.2, 0) is 6.54 Å². The first-order valence-corrected chi connectivity index (χ1v) is 9.98. The fraction of sp³-hybridized carbons (Fsp3) is 0.318. The van der Waals surface area contributed by atoms with E-state index in [0.29, 0.717) is 35.0 Å². The van der Waals surface area contributed by atoms with Gasteiger partial charge in [0.1, 0.15) is 0 Å². The molecular formula is C22H25N5O3. The van der Waals surface area contributed by atoms with E-state index in [1.54, 1.807) is 24.1 Å². The van der Waals surface area contributed by atoms with Crippen LogP contribution in [0.5, 0.6) is 17.5 Å². The Morgan fingerprint density at radius 3 is 2.73 bits per heavy atom. The Hall–Kier alpha value is -3.55. The molecule has 0 saturated heterocycles. The van der Waals surface area contributed by atoms with Gasteiger partial charge in [-0.2, -0.15) is 5.10 Å². The van der Waals surface area contributed by atoms with E-state index in [1.165, 1.54) is 0 Å². The van der Waals surface area contributed by atoms with Crippen molar-refractivity contribution in [2.45, 2.75) is 33.7 Å². The predicted octanol–water partition coefficient (Wildman–Crippen LogP) is 4.12. The first-order chi connectivity index (χ1) is 14.5. The quantitative estimate of drug-likeness (QED) is 0.496. The summed E-state index contributed by atoms with van der Waals surface area (Å²) in [6.07, 6.45) is 6.28. The predicted molar refractivity (Wildman–Crippen MR) is 114 cm³/mol. The van der Waals surface area contributed by atoms with Crippen LogP contribution < -0.4 is 9.47 Å². The highest BCUT2D eigenvalue weighted by Crippen LogP contribution is 2.35. The fourth-order valence-corrected chi connectivity index (χ4v) is 3.40. The van der Waals surface area contributed by atoms with Gasteiger partial charge in [0.05, 0.1) is 30.3 Å². The summed E-state index contributed by atoms with van der Waals surface area (Å²) in [5.74, 6) is 1.81. The number of hydrogen-bond acceptors (Lipinski definition) is 6. The number of rotatable bonds is 7. The van der Waals surface area contributed by atoms with Crippen molar-refractivity contribution in [1.82, 2.24) is 24.3 Å². The van der Waals surface area contributed by atoms with Gasteiger partial charge < -0.3 is 14.6 Å². The second-order valence-corrected chi connectivity index (χ2v) is 7.02. The van der Waals surface area contributed by atoms with Crippen LogP contribution in [0.15, 0.2) is 36.8 Å². The van der Waals surface area contributed by atoms with Gasteiger partial charge in [0.15, 0.2) is 11.6 Å². The van der Waals surface area contributed by atoms with E-state index < -0.39 is 0 Å². The maximum Gasteiger partial charge on any atom is 0.256 e. The number of methoxy groups -OCH3 is 1. The first kappa shape index (κ1) is 19.8. The van der Waals surface area contributed by atoms with Gasteiger partial charge in [0, 0.05) is 36.8 Å². The maximum atomic E-state index is 10.8. The Morgan fingerprint density at radius 1 is 1.20 bits per heavy atom. The lowest BCUT2D eigenvalue weighted by molar-refractivity contribution is 0.289. The highest BCUT2D eigenvalue weighted by Gasteiger charge is 2.17. The molecule has 0 aliphatic carbocycles. The van der Waals surface area contributed by atoms with Gasteiger partial charge in [-0.1, -0.05) is 6.92 Å². The third-order valence-electron chi connectivity index (χ3n) is 4.91. The molecule has 0 bridgehead atoms. The summed E-state index contributed by atoms with van der Waals surface area (Å²) in [4.78, 5) is 9.13. The highest BCUT2D eigenvalue weighted by atomic mass is 16.5. The minimum atomic E-state index is 0.128. The molecule has 8 heteroatoms. The molecule has 8 nitrogen and oxygen atoms in total. The molecule has 0 aliphatic rings. The summed E-state index contributed by atoms with van der Waals surface area (Å²) in [6, 6.07) is 5.68. The molecule has 0 aliphatic heterocycles. The molecule has 0 saturated carbocycles. The third-order valence-corrected chi connectivity index (χ3v) is 4.91. The average molecular weight is 407 g/mol. The summed E-state index contributed by atoms with van der Waals surface area (Å²) in [5, 5.41) is 16.0. The summed E-state index contributed by atoms with van der Waals surface area (Å²) < 4.78 is 14.6. The van der Waals surface area contributed by atoms with Crippen molar-refractivity contribution in [3.8, 4) is 34.6 Å². The van der Waals surface area contributed by atoms with Gasteiger partial charge in [-0.15, -0.1) is 0 Å². The van der Waals surface area contributed by atoms with E-state index >= 15 is 0 Å². The van der Waals surface area contributed by atoms with Crippen molar-refractivity contribution >= 4 is 10.9 Å². The Bertz CT molecular complexity index is 1200. The summed E-state index contributed by atoms with van der Waals surface area (Å²) in [6.45, 7) is 7.35. The maximum absolute atomic E-state index is 10.8. The molecular weight excluding hydrogens is 382 g/mol. The molecule has 4 heterocycles. The van der Waals surface area contributed by atoms with E-state index in [-0.39, 0.29) is 5.88 Å². The zero-order valence-electron chi connectivity index (χ0n) is 17.6. The van der Waals surface area contributed by atoms with Gasteiger partial charge in [-0.3, -0.25) is 9.25 Å². The van der Waals surface area contributed by atoms with Crippen LogP contribution in [0.2, 0.25) is 0 Å². The van der Waals surface area contributed by atoms with Crippen molar-refractivity contribution in [2.75, 3.05) is 13.7 Å². The van der Waals surface area contributed by atoms with Crippen LogP contribution in [0.25, 0.3) is 28.0 Å². The Balaban J connectivity index is 1.80. The minimum Gasteiger partial charge on any atom is -0.494 e. The summed E-state index contributed by atoms with van der Waals surface area (Å²) >= 11 is 0. The van der Waals surface area contributed by atoms with Crippen molar-refractivity contribution < 1.29 is 14.6 Å². The molecule has 0 fully saturated rings. The number of aryl methyl sites for hydroxylation is 2. The average Bonchev–Trinajstić information content (AvgIpc) is 3.36. The molecule has 30 heavy (non-hydrogen) atoms. The van der Waals surface area contributed by atoms with Gasteiger partial charge in [-0.25, -0.2) is 9.97 Å². The SMILES string of the molecule is CCCOc1cc(-c2cc(C)c3c(O)n(-c4ccn(CC)n4)cc3n2)cnc1OC. The van der Waals surface area contributed by atoms with Gasteiger partial charge >= 0.3 is 0 Å². The zero-order valence-corrected chi connectivity index (χ0v) is 17.6. The second-order valence-electron chi connectivity index (χ2n) is 7.02. The Kier molecular flexibility index (Phi) is 5.31. The second kappa shape index (κ2) is 8.06. The lowest BCUT2D eigenvalue weighted by atomic mass is 10.1. The lowest BCUT2D eigenvalue weighted by Crippen LogP contribution is -2.00. The largest absolute Gasteiger partial charge is 0.494 e. The standard InChI is InChI=1S/C22H25N5O3/c1-5-9-30-18-11-15(12-23-21(18)29-4)16-10-14(3)20-17(24-16)13-27(22(20)28)19-7-8-26(6-2)25-19/h7-8,10-13,28H,5-6,9H2,1-4H3. The molecule has 4 aromatic heterocycles. The third kappa shape index (κ3) is 3.45. The summed E-state index contributed by atoms with van der Waals surface area (Å²) in [5.41, 5.74) is 3.15. The number of ether oxygens (including phenoxy) is 2. The first-order valence-electron chi connectivity index (χ1n) is 9.98. The van der Waals surface area contributed by atoms with Crippen LogP contribution in [-0.4, -0.2) is 43.1 Å². The van der Waals surface area contributed by atoms with Crippen molar-refractivity contribution in [3.63, 3.8) is 0 Å². The molecule has 0 aromatic carbocycles. The Morgan fingerprint density at radius 2 is 2.03 bits per heavy atom. The van der Waals surface area contributed by atoms with Gasteiger partial charge in [-0.05, 0) is 38.0 Å². The van der Waals surface area contributed by atoms with Crippen LogP contribution in [0.3, 0.4) is 0 Å². The monoisotopic (exact) mass is 407 g/mol. The highest BCUT2D eigenvalue weighted by molar-refractivity contribution is 5.90. The van der Waals surface area contributed by atoms with E-state index in [9.17, 15) is 5.11 Å².